The minimum absolute atomic E-state index is 0.169. The van der Waals surface area contributed by atoms with Gasteiger partial charge in [0, 0.05) is 26.2 Å². The third-order valence-corrected chi connectivity index (χ3v) is 7.02. The predicted molar refractivity (Wildman–Crippen MR) is 135 cm³/mol. The molecule has 2 amide bonds. The van der Waals surface area contributed by atoms with E-state index in [0.29, 0.717) is 5.69 Å². The van der Waals surface area contributed by atoms with E-state index in [2.05, 4.69) is 5.32 Å². The van der Waals surface area contributed by atoms with E-state index in [1.54, 1.807) is 37.3 Å². The first-order valence-corrected chi connectivity index (χ1v) is 12.5. The number of aryl methyl sites for hydroxylation is 1. The van der Waals surface area contributed by atoms with Gasteiger partial charge in [-0.05, 0) is 52.3 Å². The summed E-state index contributed by atoms with van der Waals surface area (Å²) in [5.41, 5.74) is 1.81. The van der Waals surface area contributed by atoms with E-state index in [4.69, 9.17) is 0 Å². The molecule has 0 spiro atoms. The maximum absolute atomic E-state index is 13.6. The van der Waals surface area contributed by atoms with Crippen LogP contribution in [0.1, 0.15) is 38.8 Å². The Balaban J connectivity index is 2.43. The van der Waals surface area contributed by atoms with Gasteiger partial charge in [0.2, 0.25) is 11.8 Å². The average molecular weight is 489 g/mol. The maximum atomic E-state index is 13.6. The van der Waals surface area contributed by atoms with E-state index < -0.39 is 34.2 Å². The van der Waals surface area contributed by atoms with Crippen molar-refractivity contribution in [3.8, 4) is 0 Å². The molecule has 1 atom stereocenters. The Morgan fingerprint density at radius 1 is 0.971 bits per heavy atom. The van der Waals surface area contributed by atoms with E-state index in [-0.39, 0.29) is 12.5 Å². The van der Waals surface area contributed by atoms with Crippen LogP contribution in [0.15, 0.2) is 54.6 Å². The highest BCUT2D eigenvalue weighted by molar-refractivity contribution is 7.90. The van der Waals surface area contributed by atoms with Gasteiger partial charge < -0.3 is 10.2 Å². The summed E-state index contributed by atoms with van der Waals surface area (Å²) in [7, 11) is -1.12. The molecule has 0 fully saturated rings. The summed E-state index contributed by atoms with van der Waals surface area (Å²) in [6, 6.07) is 15.3. The Hall–Kier alpha value is -2.91. The molecule has 0 aliphatic heterocycles. The molecule has 0 heterocycles. The summed E-state index contributed by atoms with van der Waals surface area (Å²) in [6.07, 6.45) is 0. The molecule has 1 unspecified atom stereocenters. The third kappa shape index (κ3) is 7.30. The minimum Gasteiger partial charge on any atom is -0.350 e. The first-order chi connectivity index (χ1) is 15.7. The second-order valence-electron chi connectivity index (χ2n) is 9.55. The first-order valence-electron chi connectivity index (χ1n) is 11.1. The molecule has 0 aliphatic rings. The Morgan fingerprint density at radius 2 is 1.53 bits per heavy atom. The topological polar surface area (TPSA) is 90.0 Å². The van der Waals surface area contributed by atoms with Crippen molar-refractivity contribution in [2.75, 3.05) is 24.9 Å². The molecule has 0 aromatic heterocycles. The lowest BCUT2D eigenvalue weighted by Gasteiger charge is -2.34. The van der Waals surface area contributed by atoms with Gasteiger partial charge in [-0.3, -0.25) is 9.59 Å². The second kappa shape index (κ2) is 11.0. The van der Waals surface area contributed by atoms with Crippen LogP contribution in [0.2, 0.25) is 0 Å². The van der Waals surface area contributed by atoms with Gasteiger partial charge in [-0.2, -0.15) is 12.7 Å². The molecular formula is C25H36N4O4S. The van der Waals surface area contributed by atoms with Crippen molar-refractivity contribution in [2.24, 2.45) is 0 Å². The van der Waals surface area contributed by atoms with Crippen LogP contribution in [0.3, 0.4) is 0 Å². The van der Waals surface area contributed by atoms with Crippen molar-refractivity contribution in [1.82, 2.24) is 14.5 Å². The van der Waals surface area contributed by atoms with Gasteiger partial charge in [-0.15, -0.1) is 0 Å². The minimum atomic E-state index is -3.96. The summed E-state index contributed by atoms with van der Waals surface area (Å²) in [5, 5.41) is 2.91. The van der Waals surface area contributed by atoms with Gasteiger partial charge in [-0.1, -0.05) is 48.0 Å². The van der Waals surface area contributed by atoms with Crippen molar-refractivity contribution in [3.05, 3.63) is 65.7 Å². The number of para-hydroxylation sites is 1. The fourth-order valence-electron chi connectivity index (χ4n) is 3.26. The lowest BCUT2D eigenvalue weighted by molar-refractivity contribution is -0.140. The molecule has 34 heavy (non-hydrogen) atoms. The maximum Gasteiger partial charge on any atom is 0.304 e. The van der Waals surface area contributed by atoms with Crippen molar-refractivity contribution < 1.29 is 18.0 Å². The van der Waals surface area contributed by atoms with E-state index in [0.717, 1.165) is 19.7 Å². The SMILES string of the molecule is Cc1ccc(CN(C(=O)CN(c2ccccc2)S(=O)(=O)N(C)C)C(C)C(=O)NC(C)(C)C)cc1. The first kappa shape index (κ1) is 27.3. The average Bonchev–Trinajstić information content (AvgIpc) is 2.75. The Bertz CT molecular complexity index is 1080. The monoisotopic (exact) mass is 488 g/mol. The quantitative estimate of drug-likeness (QED) is 0.588. The summed E-state index contributed by atoms with van der Waals surface area (Å²) in [5.74, 6) is -0.791. The van der Waals surface area contributed by atoms with Gasteiger partial charge in [-0.25, -0.2) is 4.31 Å². The zero-order valence-corrected chi connectivity index (χ0v) is 21.9. The number of rotatable bonds is 9. The highest BCUT2D eigenvalue weighted by Gasteiger charge is 2.33. The lowest BCUT2D eigenvalue weighted by atomic mass is 10.1. The Morgan fingerprint density at radius 3 is 2.03 bits per heavy atom. The number of hydrogen-bond acceptors (Lipinski definition) is 4. The molecule has 2 rings (SSSR count). The molecule has 0 saturated heterocycles. The molecule has 2 aromatic carbocycles. The molecule has 186 valence electrons. The molecule has 2 aromatic rings. The van der Waals surface area contributed by atoms with E-state index in [1.165, 1.54) is 19.0 Å². The van der Waals surface area contributed by atoms with Crippen LogP contribution >= 0.6 is 0 Å². The number of nitrogens with one attached hydrogen (secondary N) is 1. The Labute approximate surface area is 203 Å². The van der Waals surface area contributed by atoms with Crippen LogP contribution in [0.4, 0.5) is 5.69 Å². The lowest BCUT2D eigenvalue weighted by Crippen LogP contribution is -2.54. The Kier molecular flexibility index (Phi) is 8.85. The summed E-state index contributed by atoms with van der Waals surface area (Å²) in [6.45, 7) is 8.95. The summed E-state index contributed by atoms with van der Waals surface area (Å²) >= 11 is 0. The van der Waals surface area contributed by atoms with Crippen LogP contribution in [0.5, 0.6) is 0 Å². The number of carbonyl (C=O) groups excluding carboxylic acids is 2. The normalized spacial score (nSPS) is 12.8. The van der Waals surface area contributed by atoms with Crippen LogP contribution in [-0.4, -0.2) is 61.7 Å². The van der Waals surface area contributed by atoms with Gasteiger partial charge in [0.05, 0.1) is 5.69 Å². The number of carbonyl (C=O) groups is 2. The zero-order chi connectivity index (χ0) is 25.7. The van der Waals surface area contributed by atoms with Gasteiger partial charge in [0.25, 0.3) is 0 Å². The molecule has 8 nitrogen and oxygen atoms in total. The van der Waals surface area contributed by atoms with Gasteiger partial charge in [0.1, 0.15) is 12.6 Å². The molecular weight excluding hydrogens is 452 g/mol. The highest BCUT2D eigenvalue weighted by Crippen LogP contribution is 2.20. The third-order valence-electron chi connectivity index (χ3n) is 5.20. The van der Waals surface area contributed by atoms with E-state index >= 15 is 0 Å². The van der Waals surface area contributed by atoms with Crippen molar-refractivity contribution in [2.45, 2.75) is 52.7 Å². The van der Waals surface area contributed by atoms with E-state index in [1.807, 2.05) is 52.0 Å². The largest absolute Gasteiger partial charge is 0.350 e. The van der Waals surface area contributed by atoms with Crippen LogP contribution < -0.4 is 9.62 Å². The smallest absolute Gasteiger partial charge is 0.304 e. The number of hydrogen-bond donors (Lipinski definition) is 1. The van der Waals surface area contributed by atoms with Crippen molar-refractivity contribution in [1.29, 1.82) is 0 Å². The standard InChI is InChI=1S/C25H36N4O4S/c1-19-13-15-21(16-14-19)17-28(20(2)24(31)26-25(3,4)5)23(30)18-29(34(32,33)27(6)7)22-11-9-8-10-12-22/h8-16,20H,17-18H2,1-7H3,(H,26,31). The van der Waals surface area contributed by atoms with Crippen molar-refractivity contribution >= 4 is 27.7 Å². The van der Waals surface area contributed by atoms with Gasteiger partial charge in [0.15, 0.2) is 0 Å². The molecule has 0 radical (unpaired) electrons. The number of benzene rings is 2. The molecule has 0 saturated carbocycles. The molecule has 1 N–H and O–H groups in total. The molecule has 0 aliphatic carbocycles. The molecule has 9 heteroatoms. The van der Waals surface area contributed by atoms with E-state index in [9.17, 15) is 18.0 Å². The van der Waals surface area contributed by atoms with Crippen LogP contribution in [0.25, 0.3) is 0 Å². The van der Waals surface area contributed by atoms with Crippen LogP contribution in [0, 0.1) is 6.92 Å². The fourth-order valence-corrected chi connectivity index (χ4v) is 4.31. The predicted octanol–water partition coefficient (Wildman–Crippen LogP) is 2.94. The fraction of sp³-hybridized carbons (Fsp3) is 0.440. The highest BCUT2D eigenvalue weighted by atomic mass is 32.2. The molecule has 0 bridgehead atoms. The van der Waals surface area contributed by atoms with Crippen molar-refractivity contribution in [3.63, 3.8) is 0 Å². The number of nitrogens with zero attached hydrogens (tertiary/aromatic N) is 3. The number of amides is 2. The second-order valence-corrected chi connectivity index (χ2v) is 11.6. The number of anilines is 1. The summed E-state index contributed by atoms with van der Waals surface area (Å²) < 4.78 is 28.3. The zero-order valence-electron chi connectivity index (χ0n) is 21.1. The summed E-state index contributed by atoms with van der Waals surface area (Å²) in [4.78, 5) is 28.0. The van der Waals surface area contributed by atoms with Gasteiger partial charge >= 0.3 is 10.2 Å². The van der Waals surface area contributed by atoms with Crippen LogP contribution in [-0.2, 0) is 26.3 Å².